The number of rotatable bonds is 4. The summed E-state index contributed by atoms with van der Waals surface area (Å²) in [7, 11) is 0. The van der Waals surface area contributed by atoms with Gasteiger partial charge in [-0.2, -0.15) is 0 Å². The van der Waals surface area contributed by atoms with Gasteiger partial charge in [0.2, 0.25) is 5.91 Å². The number of aromatic amines is 1. The molecule has 4 rings (SSSR count). The van der Waals surface area contributed by atoms with E-state index in [1.165, 1.54) is 5.56 Å². The molecule has 6 heteroatoms. The maximum Gasteiger partial charge on any atom is 0.254 e. The number of benzene rings is 1. The van der Waals surface area contributed by atoms with E-state index in [1.54, 1.807) is 0 Å². The zero-order valence-corrected chi connectivity index (χ0v) is 18.3. The molecule has 1 fully saturated rings. The molecule has 0 saturated carbocycles. The smallest absolute Gasteiger partial charge is 0.254 e. The summed E-state index contributed by atoms with van der Waals surface area (Å²) in [5.74, 6) is 0.758. The van der Waals surface area contributed by atoms with Crippen LogP contribution in [0, 0.1) is 6.92 Å². The summed E-state index contributed by atoms with van der Waals surface area (Å²) in [5, 5.41) is 0. The van der Waals surface area contributed by atoms with Crippen LogP contribution >= 0.6 is 0 Å². The van der Waals surface area contributed by atoms with Crippen molar-refractivity contribution in [3.63, 3.8) is 0 Å². The zero-order valence-electron chi connectivity index (χ0n) is 18.3. The van der Waals surface area contributed by atoms with E-state index in [9.17, 15) is 9.59 Å². The Labute approximate surface area is 178 Å². The van der Waals surface area contributed by atoms with Crippen LogP contribution in [0.5, 0.6) is 0 Å². The lowest BCUT2D eigenvalue weighted by atomic mass is 9.99. The van der Waals surface area contributed by atoms with Crippen molar-refractivity contribution in [2.45, 2.75) is 71.5 Å². The number of nitrogens with one attached hydrogen (secondary N) is 1. The van der Waals surface area contributed by atoms with Crippen molar-refractivity contribution in [2.75, 3.05) is 13.1 Å². The summed E-state index contributed by atoms with van der Waals surface area (Å²) in [6, 6.07) is 8.39. The molecular formula is C24H32N4O2. The molecule has 2 aliphatic heterocycles. The molecule has 0 bridgehead atoms. The van der Waals surface area contributed by atoms with Gasteiger partial charge in [-0.1, -0.05) is 29.8 Å². The van der Waals surface area contributed by atoms with Crippen molar-refractivity contribution >= 4 is 5.91 Å². The quantitative estimate of drug-likeness (QED) is 0.844. The molecule has 1 aromatic heterocycles. The summed E-state index contributed by atoms with van der Waals surface area (Å²) in [6.07, 6.45) is 3.99. The Morgan fingerprint density at radius 3 is 2.70 bits per heavy atom. The Bertz CT molecular complexity index is 964. The second kappa shape index (κ2) is 8.72. The summed E-state index contributed by atoms with van der Waals surface area (Å²) in [6.45, 7) is 8.70. The minimum atomic E-state index is -0.149. The number of piperidine rings is 1. The second-order valence-electron chi connectivity index (χ2n) is 8.95. The number of hydrogen-bond donors (Lipinski definition) is 1. The molecule has 1 aromatic carbocycles. The topological polar surface area (TPSA) is 69.3 Å². The molecule has 30 heavy (non-hydrogen) atoms. The van der Waals surface area contributed by atoms with Gasteiger partial charge in [0, 0.05) is 31.2 Å². The van der Waals surface area contributed by atoms with Crippen molar-refractivity contribution in [1.82, 2.24) is 19.8 Å². The van der Waals surface area contributed by atoms with Crippen LogP contribution in [0.2, 0.25) is 0 Å². The number of H-pyrrole nitrogens is 1. The highest BCUT2D eigenvalue weighted by Crippen LogP contribution is 2.30. The largest absolute Gasteiger partial charge is 0.332 e. The molecule has 6 nitrogen and oxygen atoms in total. The highest BCUT2D eigenvalue weighted by Gasteiger charge is 2.31. The first-order valence-corrected chi connectivity index (χ1v) is 11.1. The number of fused-ring (bicyclic) bond motifs is 1. The molecule has 3 heterocycles. The molecule has 2 aromatic rings. The zero-order chi connectivity index (χ0) is 21.3. The van der Waals surface area contributed by atoms with Crippen molar-refractivity contribution < 1.29 is 4.79 Å². The number of amides is 1. The molecule has 0 spiro atoms. The van der Waals surface area contributed by atoms with Crippen LogP contribution in [0.4, 0.5) is 0 Å². The average molecular weight is 409 g/mol. The van der Waals surface area contributed by atoms with Crippen molar-refractivity contribution in [1.29, 1.82) is 0 Å². The number of hydrogen-bond acceptors (Lipinski definition) is 4. The van der Waals surface area contributed by atoms with E-state index in [0.717, 1.165) is 49.0 Å². The van der Waals surface area contributed by atoms with E-state index >= 15 is 0 Å². The molecule has 1 N–H and O–H groups in total. The van der Waals surface area contributed by atoms with Crippen LogP contribution in [0.1, 0.15) is 67.4 Å². The minimum Gasteiger partial charge on any atom is -0.332 e. The molecule has 0 aliphatic carbocycles. The van der Waals surface area contributed by atoms with Gasteiger partial charge >= 0.3 is 0 Å². The first kappa shape index (κ1) is 20.8. The third-order valence-electron chi connectivity index (χ3n) is 6.47. The first-order valence-electron chi connectivity index (χ1n) is 11.1. The molecular weight excluding hydrogens is 376 g/mol. The Kier molecular flexibility index (Phi) is 6.04. The lowest BCUT2D eigenvalue weighted by Crippen LogP contribution is -2.43. The highest BCUT2D eigenvalue weighted by molar-refractivity contribution is 5.79. The lowest BCUT2D eigenvalue weighted by Gasteiger charge is -2.36. The number of carbonyl (C=O) groups is 1. The predicted molar refractivity (Wildman–Crippen MR) is 117 cm³/mol. The Morgan fingerprint density at radius 1 is 1.20 bits per heavy atom. The number of aryl methyl sites for hydroxylation is 1. The highest BCUT2D eigenvalue weighted by atomic mass is 16.2. The number of aromatic nitrogens is 2. The van der Waals surface area contributed by atoms with E-state index in [1.807, 2.05) is 36.1 Å². The van der Waals surface area contributed by atoms with E-state index in [4.69, 9.17) is 4.98 Å². The van der Waals surface area contributed by atoms with Crippen molar-refractivity contribution in [2.24, 2.45) is 0 Å². The summed E-state index contributed by atoms with van der Waals surface area (Å²) in [4.78, 5) is 38.1. The standard InChI is InChI=1S/C24H32N4O2/c1-16(2)27-13-11-19-20(15-27)25-23(26-24(19)30)21-6-4-5-12-28(21)22(29)14-18-9-7-17(3)8-10-18/h7-10,16,21H,4-6,11-15H2,1-3H3,(H,25,26,30)/t21-/m1/s1. The van der Waals surface area contributed by atoms with Gasteiger partial charge in [0.1, 0.15) is 5.82 Å². The van der Waals surface area contributed by atoms with E-state index in [2.05, 4.69) is 23.7 Å². The first-order chi connectivity index (χ1) is 14.4. The van der Waals surface area contributed by atoms with Gasteiger partial charge in [0.15, 0.2) is 0 Å². The SMILES string of the molecule is Cc1ccc(CC(=O)N2CCCC[C@@H]2c2nc3c(c(=O)[nH]2)CCN(C(C)C)C3)cc1. The fourth-order valence-corrected chi connectivity index (χ4v) is 4.57. The van der Waals surface area contributed by atoms with Gasteiger partial charge in [-0.3, -0.25) is 14.5 Å². The maximum atomic E-state index is 13.1. The van der Waals surface area contributed by atoms with Gasteiger partial charge in [0.05, 0.1) is 18.2 Å². The fourth-order valence-electron chi connectivity index (χ4n) is 4.57. The fraction of sp³-hybridized carbons (Fsp3) is 0.542. The summed E-state index contributed by atoms with van der Waals surface area (Å²) < 4.78 is 0. The van der Waals surface area contributed by atoms with Crippen LogP contribution in [0.3, 0.4) is 0 Å². The molecule has 1 atom stereocenters. The Hall–Kier alpha value is -2.47. The van der Waals surface area contributed by atoms with Gasteiger partial charge < -0.3 is 9.88 Å². The van der Waals surface area contributed by atoms with Crippen molar-refractivity contribution in [3.05, 3.63) is 62.8 Å². The van der Waals surface area contributed by atoms with Crippen LogP contribution in [0.15, 0.2) is 29.1 Å². The third kappa shape index (κ3) is 4.33. The summed E-state index contributed by atoms with van der Waals surface area (Å²) in [5.41, 5.74) is 3.87. The number of nitrogens with zero attached hydrogens (tertiary/aromatic N) is 3. The predicted octanol–water partition coefficient (Wildman–Crippen LogP) is 3.14. The van der Waals surface area contributed by atoms with E-state index in [-0.39, 0.29) is 17.5 Å². The summed E-state index contributed by atoms with van der Waals surface area (Å²) >= 11 is 0. The van der Waals surface area contributed by atoms with Gasteiger partial charge in [-0.15, -0.1) is 0 Å². The molecule has 0 unspecified atom stereocenters. The monoisotopic (exact) mass is 408 g/mol. The molecule has 0 radical (unpaired) electrons. The Morgan fingerprint density at radius 2 is 1.97 bits per heavy atom. The van der Waals surface area contributed by atoms with Crippen LogP contribution < -0.4 is 5.56 Å². The minimum absolute atomic E-state index is 0.0325. The number of likely N-dealkylation sites (tertiary alicyclic amines) is 1. The Balaban J connectivity index is 1.59. The van der Waals surface area contributed by atoms with Gasteiger partial charge in [-0.25, -0.2) is 4.98 Å². The molecule has 160 valence electrons. The number of carbonyl (C=O) groups excluding carboxylic acids is 1. The average Bonchev–Trinajstić information content (AvgIpc) is 2.74. The van der Waals surface area contributed by atoms with Crippen LogP contribution in [-0.4, -0.2) is 44.8 Å². The van der Waals surface area contributed by atoms with E-state index < -0.39 is 0 Å². The second-order valence-corrected chi connectivity index (χ2v) is 8.95. The normalized spacial score (nSPS) is 19.7. The van der Waals surface area contributed by atoms with Gasteiger partial charge in [-0.05, 0) is 52.0 Å². The maximum absolute atomic E-state index is 13.1. The van der Waals surface area contributed by atoms with Gasteiger partial charge in [0.25, 0.3) is 5.56 Å². The lowest BCUT2D eigenvalue weighted by molar-refractivity contribution is -0.134. The van der Waals surface area contributed by atoms with Crippen molar-refractivity contribution in [3.8, 4) is 0 Å². The van der Waals surface area contributed by atoms with E-state index in [0.29, 0.717) is 31.4 Å². The van der Waals surface area contributed by atoms with Crippen LogP contribution in [-0.2, 0) is 24.2 Å². The molecule has 2 aliphatic rings. The molecule has 1 amide bonds. The third-order valence-corrected chi connectivity index (χ3v) is 6.47. The van der Waals surface area contributed by atoms with Crippen LogP contribution in [0.25, 0.3) is 0 Å². The molecule has 1 saturated heterocycles.